The lowest BCUT2D eigenvalue weighted by molar-refractivity contribution is 1.28. The van der Waals surface area contributed by atoms with E-state index in [9.17, 15) is 0 Å². The molecular formula is C64H43NS. The molecule has 1 aromatic heterocycles. The second-order valence-electron chi connectivity index (χ2n) is 17.0. The summed E-state index contributed by atoms with van der Waals surface area (Å²) in [4.78, 5) is 2.37. The summed E-state index contributed by atoms with van der Waals surface area (Å²) >= 11 is 1.86. The Labute approximate surface area is 389 Å². The first-order valence-corrected chi connectivity index (χ1v) is 23.4. The van der Waals surface area contributed by atoms with E-state index in [0.29, 0.717) is 0 Å². The molecule has 0 aliphatic rings. The quantitative estimate of drug-likeness (QED) is 0.140. The zero-order chi connectivity index (χ0) is 43.8. The predicted molar refractivity (Wildman–Crippen MR) is 284 cm³/mol. The van der Waals surface area contributed by atoms with E-state index >= 15 is 0 Å². The summed E-state index contributed by atoms with van der Waals surface area (Å²) in [5, 5.41) is 5.15. The average molecular weight is 858 g/mol. The molecular weight excluding hydrogens is 815 g/mol. The molecule has 66 heavy (non-hydrogen) atoms. The summed E-state index contributed by atoms with van der Waals surface area (Å²) in [5.74, 6) is 0. The molecule has 0 saturated heterocycles. The van der Waals surface area contributed by atoms with Gasteiger partial charge in [0.15, 0.2) is 0 Å². The van der Waals surface area contributed by atoms with E-state index < -0.39 is 0 Å². The third kappa shape index (κ3) is 7.64. The predicted octanol–water partition coefficient (Wildman–Crippen LogP) is 18.7. The lowest BCUT2D eigenvalue weighted by Gasteiger charge is -2.26. The van der Waals surface area contributed by atoms with E-state index in [0.717, 1.165) is 17.1 Å². The maximum atomic E-state index is 2.37. The van der Waals surface area contributed by atoms with Crippen LogP contribution < -0.4 is 4.90 Å². The fourth-order valence-corrected chi connectivity index (χ4v) is 10.5. The number of nitrogens with zero attached hydrogens (tertiary/aromatic N) is 1. The fourth-order valence-electron chi connectivity index (χ4n) is 9.37. The van der Waals surface area contributed by atoms with E-state index in [4.69, 9.17) is 0 Å². The van der Waals surface area contributed by atoms with Crippen molar-refractivity contribution in [2.45, 2.75) is 0 Å². The van der Waals surface area contributed by atoms with Crippen LogP contribution in [0.15, 0.2) is 261 Å². The van der Waals surface area contributed by atoms with Crippen molar-refractivity contribution in [3.63, 3.8) is 0 Å². The topological polar surface area (TPSA) is 3.24 Å². The van der Waals surface area contributed by atoms with Gasteiger partial charge in [0.05, 0.1) is 0 Å². The molecule has 0 N–H and O–H groups in total. The zero-order valence-electron chi connectivity index (χ0n) is 36.2. The summed E-state index contributed by atoms with van der Waals surface area (Å²) < 4.78 is 2.64. The Morgan fingerprint density at radius 1 is 0.212 bits per heavy atom. The highest BCUT2D eigenvalue weighted by atomic mass is 32.1. The Hall–Kier alpha value is -8.30. The maximum Gasteiger partial charge on any atom is 0.0467 e. The maximum absolute atomic E-state index is 2.37. The van der Waals surface area contributed by atoms with Gasteiger partial charge in [-0.1, -0.05) is 194 Å². The first-order valence-electron chi connectivity index (χ1n) is 22.5. The molecule has 0 amide bonds. The van der Waals surface area contributed by atoms with Crippen molar-refractivity contribution in [3.8, 4) is 66.8 Å². The van der Waals surface area contributed by atoms with E-state index in [-0.39, 0.29) is 0 Å². The molecule has 1 heterocycles. The van der Waals surface area contributed by atoms with Crippen LogP contribution in [0.1, 0.15) is 0 Å². The van der Waals surface area contributed by atoms with E-state index in [2.05, 4.69) is 266 Å². The Morgan fingerprint density at radius 2 is 0.621 bits per heavy atom. The Bertz CT molecular complexity index is 3660. The molecule has 0 spiro atoms. The largest absolute Gasteiger partial charge is 0.310 e. The fraction of sp³-hybridized carbons (Fsp3) is 0. The molecule has 12 rings (SSSR count). The highest BCUT2D eigenvalue weighted by Crippen LogP contribution is 2.41. The molecule has 11 aromatic carbocycles. The van der Waals surface area contributed by atoms with Gasteiger partial charge in [0.2, 0.25) is 0 Å². The summed E-state index contributed by atoms with van der Waals surface area (Å²) in [6, 6.07) is 95.1. The van der Waals surface area contributed by atoms with Crippen molar-refractivity contribution in [2.75, 3.05) is 4.90 Å². The standard InChI is InChI=1S/C64H43NS/c1-2-10-44(11-3-1)46-20-26-50(27-21-46)55-16-9-17-60(42-55)65(59-37-32-51(33-38-59)57-34-39-64-62(43-57)61-18-6-7-19-63(61)66-64)58-35-30-48(31-36-58)47-22-24-49(25-23-47)53-14-8-15-54(40-53)56-29-28-45-12-4-5-13-52(45)41-56/h1-43H. The molecule has 0 aliphatic carbocycles. The van der Waals surface area contributed by atoms with Crippen LogP contribution in [0, 0.1) is 0 Å². The van der Waals surface area contributed by atoms with Crippen LogP contribution in [0.4, 0.5) is 17.1 Å². The number of anilines is 3. The zero-order valence-corrected chi connectivity index (χ0v) is 37.0. The number of hydrogen-bond acceptors (Lipinski definition) is 2. The van der Waals surface area contributed by atoms with Crippen molar-refractivity contribution in [3.05, 3.63) is 261 Å². The molecule has 0 saturated carbocycles. The molecule has 0 unspecified atom stereocenters. The second kappa shape index (κ2) is 17.0. The van der Waals surface area contributed by atoms with Gasteiger partial charge >= 0.3 is 0 Å². The van der Waals surface area contributed by atoms with E-state index in [1.807, 2.05) is 11.3 Å². The minimum atomic E-state index is 1.09. The van der Waals surface area contributed by atoms with Crippen LogP contribution in [0.2, 0.25) is 0 Å². The van der Waals surface area contributed by atoms with Gasteiger partial charge in [0.1, 0.15) is 0 Å². The number of fused-ring (bicyclic) bond motifs is 4. The van der Waals surface area contributed by atoms with Gasteiger partial charge in [-0.25, -0.2) is 0 Å². The summed E-state index contributed by atoms with van der Waals surface area (Å²) in [7, 11) is 0. The molecule has 0 fully saturated rings. The monoisotopic (exact) mass is 857 g/mol. The summed E-state index contributed by atoms with van der Waals surface area (Å²) in [5.41, 5.74) is 17.7. The molecule has 0 radical (unpaired) electrons. The normalized spacial score (nSPS) is 11.3. The van der Waals surface area contributed by atoms with Crippen molar-refractivity contribution in [1.29, 1.82) is 0 Å². The molecule has 2 heteroatoms. The molecule has 0 aliphatic heterocycles. The smallest absolute Gasteiger partial charge is 0.0467 e. The molecule has 12 aromatic rings. The van der Waals surface area contributed by atoms with Crippen LogP contribution in [-0.4, -0.2) is 0 Å². The number of benzene rings is 11. The van der Waals surface area contributed by atoms with Gasteiger partial charge in [0.25, 0.3) is 0 Å². The Morgan fingerprint density at radius 3 is 1.27 bits per heavy atom. The second-order valence-corrected chi connectivity index (χ2v) is 18.0. The Kier molecular flexibility index (Phi) is 10.1. The van der Waals surface area contributed by atoms with Gasteiger partial charge in [-0.2, -0.15) is 0 Å². The van der Waals surface area contributed by atoms with Crippen LogP contribution in [0.3, 0.4) is 0 Å². The molecule has 0 bridgehead atoms. The van der Waals surface area contributed by atoms with Gasteiger partial charge in [-0.3, -0.25) is 0 Å². The minimum Gasteiger partial charge on any atom is -0.310 e. The summed E-state index contributed by atoms with van der Waals surface area (Å²) in [6.07, 6.45) is 0. The van der Waals surface area contributed by atoms with Crippen LogP contribution in [0.25, 0.3) is 97.7 Å². The van der Waals surface area contributed by atoms with Gasteiger partial charge in [0, 0.05) is 37.2 Å². The third-order valence-electron chi connectivity index (χ3n) is 12.9. The molecule has 0 atom stereocenters. The SMILES string of the molecule is c1ccc(-c2ccc(-c3cccc(N(c4ccc(-c5ccc(-c6cccc(-c7ccc8ccccc8c7)c6)cc5)cc4)c4ccc(-c5ccc6sc7ccccc7c6c5)cc4)c3)cc2)cc1. The first kappa shape index (κ1) is 39.3. The number of rotatable bonds is 9. The highest BCUT2D eigenvalue weighted by Gasteiger charge is 2.16. The highest BCUT2D eigenvalue weighted by molar-refractivity contribution is 7.25. The first-order chi connectivity index (χ1) is 32.7. The lowest BCUT2D eigenvalue weighted by atomic mass is 9.96. The number of thiophene rings is 1. The number of hydrogen-bond donors (Lipinski definition) is 0. The third-order valence-corrected chi connectivity index (χ3v) is 14.0. The van der Waals surface area contributed by atoms with Crippen LogP contribution in [0.5, 0.6) is 0 Å². The molecule has 310 valence electrons. The van der Waals surface area contributed by atoms with Crippen LogP contribution in [-0.2, 0) is 0 Å². The van der Waals surface area contributed by atoms with Crippen LogP contribution >= 0.6 is 11.3 Å². The van der Waals surface area contributed by atoms with E-state index in [1.54, 1.807) is 0 Å². The molecule has 1 nitrogen and oxygen atoms in total. The van der Waals surface area contributed by atoms with Gasteiger partial charge in [-0.15, -0.1) is 11.3 Å². The van der Waals surface area contributed by atoms with Gasteiger partial charge < -0.3 is 4.90 Å². The van der Waals surface area contributed by atoms with Crippen molar-refractivity contribution in [2.24, 2.45) is 0 Å². The average Bonchev–Trinajstić information content (AvgIpc) is 3.78. The van der Waals surface area contributed by atoms with Crippen molar-refractivity contribution in [1.82, 2.24) is 0 Å². The van der Waals surface area contributed by atoms with Crippen molar-refractivity contribution >= 4 is 59.3 Å². The lowest BCUT2D eigenvalue weighted by Crippen LogP contribution is -2.10. The van der Waals surface area contributed by atoms with Gasteiger partial charge in [-0.05, 0) is 144 Å². The minimum absolute atomic E-state index is 1.09. The summed E-state index contributed by atoms with van der Waals surface area (Å²) in [6.45, 7) is 0. The Balaban J connectivity index is 0.860. The van der Waals surface area contributed by atoms with Crippen molar-refractivity contribution < 1.29 is 0 Å². The van der Waals surface area contributed by atoms with E-state index in [1.165, 1.54) is 97.7 Å².